The van der Waals surface area contributed by atoms with Gasteiger partial charge in [-0.1, -0.05) is 25.5 Å². The van der Waals surface area contributed by atoms with Crippen LogP contribution in [0.2, 0.25) is 0 Å². The Kier molecular flexibility index (Phi) is 5.82. The molecule has 0 aliphatic carbocycles. The smallest absolute Gasteiger partial charge is 0.224 e. The highest BCUT2D eigenvalue weighted by atomic mass is 16.5. The SMILES string of the molecule is CCCCNc1nccc(NCc2ccc(OC)cc2)n1. The quantitative estimate of drug-likeness (QED) is 0.729. The first-order valence-electron chi connectivity index (χ1n) is 7.25. The first-order chi connectivity index (χ1) is 10.3. The number of unbranched alkanes of at least 4 members (excludes halogenated alkanes) is 1. The summed E-state index contributed by atoms with van der Waals surface area (Å²) < 4.78 is 5.15. The topological polar surface area (TPSA) is 59.1 Å². The summed E-state index contributed by atoms with van der Waals surface area (Å²) in [6.07, 6.45) is 4.03. The molecule has 0 bridgehead atoms. The molecule has 21 heavy (non-hydrogen) atoms. The largest absolute Gasteiger partial charge is 0.497 e. The summed E-state index contributed by atoms with van der Waals surface area (Å²) >= 11 is 0. The van der Waals surface area contributed by atoms with Gasteiger partial charge in [-0.15, -0.1) is 0 Å². The van der Waals surface area contributed by atoms with E-state index < -0.39 is 0 Å². The van der Waals surface area contributed by atoms with Gasteiger partial charge in [0.2, 0.25) is 5.95 Å². The zero-order valence-corrected chi connectivity index (χ0v) is 12.6. The summed E-state index contributed by atoms with van der Waals surface area (Å²) in [5.41, 5.74) is 1.18. The minimum absolute atomic E-state index is 0.670. The van der Waals surface area contributed by atoms with Crippen LogP contribution >= 0.6 is 0 Å². The molecule has 112 valence electrons. The van der Waals surface area contributed by atoms with Crippen LogP contribution in [-0.4, -0.2) is 23.6 Å². The Balaban J connectivity index is 1.88. The first-order valence-corrected chi connectivity index (χ1v) is 7.25. The molecule has 1 aromatic carbocycles. The molecule has 0 amide bonds. The molecule has 1 heterocycles. The second kappa shape index (κ2) is 8.09. The monoisotopic (exact) mass is 286 g/mol. The van der Waals surface area contributed by atoms with Gasteiger partial charge in [0.1, 0.15) is 11.6 Å². The van der Waals surface area contributed by atoms with Crippen molar-refractivity contribution in [3.8, 4) is 5.75 Å². The summed E-state index contributed by atoms with van der Waals surface area (Å²) in [5, 5.41) is 6.52. The number of ether oxygens (including phenoxy) is 1. The molecule has 0 aliphatic heterocycles. The van der Waals surface area contributed by atoms with Crippen LogP contribution in [0.15, 0.2) is 36.5 Å². The van der Waals surface area contributed by atoms with E-state index in [4.69, 9.17) is 4.74 Å². The molecule has 2 aromatic rings. The fraction of sp³-hybridized carbons (Fsp3) is 0.375. The number of methoxy groups -OCH3 is 1. The molecular weight excluding hydrogens is 264 g/mol. The molecule has 2 rings (SSSR count). The Bertz CT molecular complexity index is 542. The molecule has 0 saturated carbocycles. The number of nitrogens with one attached hydrogen (secondary N) is 2. The molecular formula is C16H22N4O. The highest BCUT2D eigenvalue weighted by Crippen LogP contribution is 2.13. The van der Waals surface area contributed by atoms with Crippen LogP contribution in [-0.2, 0) is 6.54 Å². The maximum Gasteiger partial charge on any atom is 0.224 e. The number of benzene rings is 1. The number of hydrogen-bond acceptors (Lipinski definition) is 5. The average molecular weight is 286 g/mol. The van der Waals surface area contributed by atoms with Crippen molar-refractivity contribution in [2.75, 3.05) is 24.3 Å². The Morgan fingerprint density at radius 1 is 1.10 bits per heavy atom. The minimum atomic E-state index is 0.670. The van der Waals surface area contributed by atoms with Crippen molar-refractivity contribution < 1.29 is 4.74 Å². The second-order valence-electron chi connectivity index (χ2n) is 4.75. The fourth-order valence-corrected chi connectivity index (χ4v) is 1.86. The van der Waals surface area contributed by atoms with E-state index in [0.29, 0.717) is 5.95 Å². The van der Waals surface area contributed by atoms with Crippen LogP contribution in [0.3, 0.4) is 0 Å². The highest BCUT2D eigenvalue weighted by molar-refractivity contribution is 5.40. The predicted octanol–water partition coefficient (Wildman–Crippen LogP) is 3.31. The van der Waals surface area contributed by atoms with Gasteiger partial charge in [0, 0.05) is 19.3 Å². The van der Waals surface area contributed by atoms with E-state index in [1.54, 1.807) is 13.3 Å². The normalized spacial score (nSPS) is 10.2. The van der Waals surface area contributed by atoms with Crippen molar-refractivity contribution in [1.82, 2.24) is 9.97 Å². The van der Waals surface area contributed by atoms with Gasteiger partial charge in [-0.3, -0.25) is 0 Å². The van der Waals surface area contributed by atoms with Gasteiger partial charge in [-0.05, 0) is 30.2 Å². The Morgan fingerprint density at radius 3 is 2.62 bits per heavy atom. The predicted molar refractivity (Wildman–Crippen MR) is 85.8 cm³/mol. The van der Waals surface area contributed by atoms with E-state index in [9.17, 15) is 0 Å². The lowest BCUT2D eigenvalue weighted by Crippen LogP contribution is -2.07. The molecule has 5 nitrogen and oxygen atoms in total. The van der Waals surface area contributed by atoms with Gasteiger partial charge >= 0.3 is 0 Å². The summed E-state index contributed by atoms with van der Waals surface area (Å²) in [4.78, 5) is 8.65. The Morgan fingerprint density at radius 2 is 1.90 bits per heavy atom. The number of hydrogen-bond donors (Lipinski definition) is 2. The molecule has 0 spiro atoms. The van der Waals surface area contributed by atoms with Gasteiger partial charge < -0.3 is 15.4 Å². The summed E-state index contributed by atoms with van der Waals surface area (Å²) in [6, 6.07) is 9.85. The van der Waals surface area contributed by atoms with Crippen molar-refractivity contribution >= 4 is 11.8 Å². The third kappa shape index (κ3) is 4.95. The van der Waals surface area contributed by atoms with E-state index >= 15 is 0 Å². The van der Waals surface area contributed by atoms with Gasteiger partial charge in [-0.2, -0.15) is 4.98 Å². The van der Waals surface area contributed by atoms with Crippen LogP contribution in [0.5, 0.6) is 5.75 Å². The molecule has 0 saturated heterocycles. The first kappa shape index (κ1) is 15.1. The Labute approximate surface area is 125 Å². The number of rotatable bonds is 8. The van der Waals surface area contributed by atoms with Crippen molar-refractivity contribution in [1.29, 1.82) is 0 Å². The lowest BCUT2D eigenvalue weighted by atomic mass is 10.2. The summed E-state index contributed by atoms with van der Waals surface area (Å²) in [7, 11) is 1.67. The zero-order valence-electron chi connectivity index (χ0n) is 12.6. The van der Waals surface area contributed by atoms with E-state index in [-0.39, 0.29) is 0 Å². The molecule has 0 fully saturated rings. The van der Waals surface area contributed by atoms with E-state index in [1.165, 1.54) is 5.56 Å². The van der Waals surface area contributed by atoms with Gasteiger partial charge in [0.25, 0.3) is 0 Å². The van der Waals surface area contributed by atoms with Crippen LogP contribution < -0.4 is 15.4 Å². The Hall–Kier alpha value is -2.30. The standard InChI is InChI=1S/C16H22N4O/c1-3-4-10-17-16-18-11-9-15(20-16)19-12-13-5-7-14(21-2)8-6-13/h5-9,11H,3-4,10,12H2,1-2H3,(H2,17,18,19,20). The molecule has 0 unspecified atom stereocenters. The fourth-order valence-electron chi connectivity index (χ4n) is 1.86. The third-order valence-corrected chi connectivity index (χ3v) is 3.10. The molecule has 2 N–H and O–H groups in total. The molecule has 0 aliphatic rings. The second-order valence-corrected chi connectivity index (χ2v) is 4.75. The van der Waals surface area contributed by atoms with Gasteiger partial charge in [0.15, 0.2) is 0 Å². The van der Waals surface area contributed by atoms with Crippen LogP contribution in [0.25, 0.3) is 0 Å². The summed E-state index contributed by atoms with van der Waals surface area (Å²) in [5.74, 6) is 2.35. The average Bonchev–Trinajstić information content (AvgIpc) is 2.54. The van der Waals surface area contributed by atoms with E-state index in [2.05, 4.69) is 27.5 Å². The molecule has 0 atom stereocenters. The van der Waals surface area contributed by atoms with Crippen LogP contribution in [0, 0.1) is 0 Å². The van der Waals surface area contributed by atoms with Crippen LogP contribution in [0.1, 0.15) is 25.3 Å². The third-order valence-electron chi connectivity index (χ3n) is 3.10. The molecule has 0 radical (unpaired) electrons. The zero-order chi connectivity index (χ0) is 14.9. The maximum atomic E-state index is 5.15. The highest BCUT2D eigenvalue weighted by Gasteiger charge is 1.99. The maximum absolute atomic E-state index is 5.15. The van der Waals surface area contributed by atoms with Crippen molar-refractivity contribution in [2.45, 2.75) is 26.3 Å². The lowest BCUT2D eigenvalue weighted by Gasteiger charge is -2.08. The number of anilines is 2. The van der Waals surface area contributed by atoms with Gasteiger partial charge in [-0.25, -0.2) is 4.98 Å². The van der Waals surface area contributed by atoms with Crippen molar-refractivity contribution in [2.24, 2.45) is 0 Å². The number of aromatic nitrogens is 2. The molecule has 1 aromatic heterocycles. The summed E-state index contributed by atoms with van der Waals surface area (Å²) in [6.45, 7) is 3.78. The van der Waals surface area contributed by atoms with Crippen molar-refractivity contribution in [3.63, 3.8) is 0 Å². The minimum Gasteiger partial charge on any atom is -0.497 e. The molecule has 5 heteroatoms. The van der Waals surface area contributed by atoms with E-state index in [0.717, 1.165) is 37.5 Å². The van der Waals surface area contributed by atoms with Gasteiger partial charge in [0.05, 0.1) is 7.11 Å². The number of nitrogens with zero attached hydrogens (tertiary/aromatic N) is 2. The lowest BCUT2D eigenvalue weighted by molar-refractivity contribution is 0.414. The van der Waals surface area contributed by atoms with Crippen LogP contribution in [0.4, 0.5) is 11.8 Å². The van der Waals surface area contributed by atoms with Crippen molar-refractivity contribution in [3.05, 3.63) is 42.1 Å². The van der Waals surface area contributed by atoms with E-state index in [1.807, 2.05) is 30.3 Å².